The zero-order valence-electron chi connectivity index (χ0n) is 9.21. The van der Waals surface area contributed by atoms with Gasteiger partial charge in [-0.2, -0.15) is 40.5 Å². The molecular weight excluding hydrogens is 352 g/mol. The Labute approximate surface area is 131 Å². The molecule has 20 heavy (non-hydrogen) atoms. The predicted molar refractivity (Wildman–Crippen MR) is 77.4 cm³/mol. The van der Waals surface area contributed by atoms with Gasteiger partial charge in [-0.15, -0.1) is 0 Å². The van der Waals surface area contributed by atoms with Gasteiger partial charge in [-0.1, -0.05) is 0 Å². The van der Waals surface area contributed by atoms with E-state index in [0.29, 0.717) is 0 Å². The van der Waals surface area contributed by atoms with Gasteiger partial charge >= 0.3 is 24.6 Å². The monoisotopic (exact) mass is 368 g/mol. The molecule has 0 aromatic carbocycles. The lowest BCUT2D eigenvalue weighted by molar-refractivity contribution is 0.135. The van der Waals surface area contributed by atoms with E-state index >= 15 is 0 Å². The van der Waals surface area contributed by atoms with E-state index in [0.717, 1.165) is 0 Å². The van der Waals surface area contributed by atoms with E-state index in [1.165, 1.54) is 0 Å². The average molecular weight is 368 g/mol. The molecule has 13 nitrogen and oxygen atoms in total. The van der Waals surface area contributed by atoms with E-state index in [4.69, 9.17) is 60.0 Å². The highest BCUT2D eigenvalue weighted by Gasteiger charge is 1.71. The van der Waals surface area contributed by atoms with E-state index in [-0.39, 0.29) is 46.0 Å². The highest BCUT2D eigenvalue weighted by molar-refractivity contribution is 7.59. The first kappa shape index (κ1) is 51.9. The van der Waals surface area contributed by atoms with Crippen molar-refractivity contribution in [1.82, 2.24) is 0 Å². The van der Waals surface area contributed by atoms with Gasteiger partial charge in [0.2, 0.25) is 0 Å². The summed E-state index contributed by atoms with van der Waals surface area (Å²) in [4.78, 5) is 34.2. The molecule has 0 atom stereocenters. The average Bonchev–Trinajstić information content (AvgIpc) is 1.76. The van der Waals surface area contributed by atoms with Crippen LogP contribution in [0.2, 0.25) is 0 Å². The van der Waals surface area contributed by atoms with Crippen molar-refractivity contribution >= 4 is 65.1 Å². The van der Waals surface area contributed by atoms with Crippen LogP contribution in [0.4, 0.5) is 19.2 Å². The molecule has 128 valence electrons. The van der Waals surface area contributed by atoms with Gasteiger partial charge in [0.05, 0.1) is 0 Å². The Bertz CT molecular complexity index is 166. The molecular formula is C4H16O13S3. The summed E-state index contributed by atoms with van der Waals surface area (Å²) in [6.45, 7) is 0. The molecule has 0 saturated carbocycles. The molecule has 0 amide bonds. The van der Waals surface area contributed by atoms with Gasteiger partial charge in [-0.05, 0) is 0 Å². The van der Waals surface area contributed by atoms with Crippen LogP contribution in [0.1, 0.15) is 0 Å². The maximum atomic E-state index is 8.56. The Morgan fingerprint density at radius 2 is 0.400 bits per heavy atom. The van der Waals surface area contributed by atoms with Crippen LogP contribution in [0.3, 0.4) is 0 Å². The first-order valence-corrected chi connectivity index (χ1v) is 2.61. The van der Waals surface area contributed by atoms with Crippen molar-refractivity contribution in [3.8, 4) is 0 Å². The lowest BCUT2D eigenvalue weighted by Gasteiger charge is -1.60. The van der Waals surface area contributed by atoms with Crippen LogP contribution in [-0.4, -0.2) is 70.9 Å². The molecule has 0 aliphatic heterocycles. The highest BCUT2D eigenvalue weighted by Crippen LogP contribution is 1.44. The largest absolute Gasteiger partial charge is 0.503 e. The third kappa shape index (κ3) is 1000. The fourth-order valence-corrected chi connectivity index (χ4v) is 0. The van der Waals surface area contributed by atoms with Gasteiger partial charge in [0.15, 0.2) is 0 Å². The van der Waals surface area contributed by atoms with Crippen molar-refractivity contribution < 1.29 is 65.5 Å². The maximum absolute atomic E-state index is 8.56. The highest BCUT2D eigenvalue weighted by atomic mass is 32.1. The van der Waals surface area contributed by atoms with Gasteiger partial charge in [0.25, 0.3) is 0 Å². The van der Waals surface area contributed by atoms with E-state index in [9.17, 15) is 0 Å². The van der Waals surface area contributed by atoms with Crippen LogP contribution in [0.25, 0.3) is 0 Å². The number of carbonyl (C=O) groups is 4. The fourth-order valence-electron chi connectivity index (χ4n) is 0. The van der Waals surface area contributed by atoms with Gasteiger partial charge < -0.3 is 46.3 Å². The van der Waals surface area contributed by atoms with E-state index in [1.54, 1.807) is 0 Å². The van der Waals surface area contributed by atoms with Crippen molar-refractivity contribution in [3.63, 3.8) is 0 Å². The van der Waals surface area contributed by atoms with Crippen molar-refractivity contribution in [2.45, 2.75) is 0 Å². The van der Waals surface area contributed by atoms with Crippen LogP contribution in [0.5, 0.6) is 0 Å². The molecule has 0 rings (SSSR count). The van der Waals surface area contributed by atoms with E-state index < -0.39 is 24.6 Å². The lowest BCUT2D eigenvalue weighted by atomic mass is 11.5. The Hall–Kier alpha value is -1.91. The zero-order chi connectivity index (χ0) is 14.3. The van der Waals surface area contributed by atoms with Gasteiger partial charge in [-0.25, -0.2) is 19.2 Å². The summed E-state index contributed by atoms with van der Waals surface area (Å²) in [5.41, 5.74) is 0. The summed E-state index contributed by atoms with van der Waals surface area (Å²) >= 11 is 0. The van der Waals surface area contributed by atoms with E-state index in [2.05, 4.69) is 0 Å². The van der Waals surface area contributed by atoms with Crippen LogP contribution in [0, 0.1) is 0 Å². The van der Waals surface area contributed by atoms with Crippen molar-refractivity contribution in [2.75, 3.05) is 0 Å². The summed E-state index contributed by atoms with van der Waals surface area (Å²) in [5, 5.41) is 55.8. The number of carboxylic acid groups (broad SMARTS) is 8. The number of hydrogen-bond donors (Lipinski definition) is 8. The number of rotatable bonds is 0. The molecule has 0 aromatic heterocycles. The third-order valence-electron chi connectivity index (χ3n) is 0. The molecule has 0 spiro atoms. The summed E-state index contributed by atoms with van der Waals surface area (Å²) < 4.78 is 0. The predicted octanol–water partition coefficient (Wildman–Crippen LogP) is 0.403. The minimum atomic E-state index is -1.83. The molecule has 10 N–H and O–H groups in total. The molecule has 0 aromatic rings. The summed E-state index contributed by atoms with van der Waals surface area (Å²) in [5.74, 6) is 0. The molecule has 0 aliphatic carbocycles. The Morgan fingerprint density at radius 3 is 0.400 bits per heavy atom. The molecule has 16 heteroatoms. The molecule has 0 aliphatic rings. The molecule has 0 unspecified atom stereocenters. The molecule has 0 radical (unpaired) electrons. The van der Waals surface area contributed by atoms with Crippen molar-refractivity contribution in [1.29, 1.82) is 0 Å². The number of hydrogen-bond acceptors (Lipinski definition) is 4. The summed E-state index contributed by atoms with van der Waals surface area (Å²) in [6, 6.07) is 0. The second kappa shape index (κ2) is 43.5. The first-order valence-electron chi connectivity index (χ1n) is 2.61. The van der Waals surface area contributed by atoms with Gasteiger partial charge in [0.1, 0.15) is 0 Å². The second-order valence-corrected chi connectivity index (χ2v) is 1.13. The quantitative estimate of drug-likeness (QED) is 0.289. The van der Waals surface area contributed by atoms with Crippen LogP contribution in [0.15, 0.2) is 0 Å². The van der Waals surface area contributed by atoms with Crippen LogP contribution >= 0.6 is 40.5 Å². The minimum absolute atomic E-state index is 0. The Morgan fingerprint density at radius 1 is 0.400 bits per heavy atom. The molecule has 0 heterocycles. The molecule has 0 saturated heterocycles. The minimum Gasteiger partial charge on any atom is -0.450 e. The second-order valence-electron chi connectivity index (χ2n) is 1.13. The van der Waals surface area contributed by atoms with Gasteiger partial charge in [0, 0.05) is 0 Å². The topological polar surface area (TPSA) is 262 Å². The summed E-state index contributed by atoms with van der Waals surface area (Å²) in [7, 11) is 0. The van der Waals surface area contributed by atoms with Crippen LogP contribution < -0.4 is 0 Å². The lowest BCUT2D eigenvalue weighted by Crippen LogP contribution is -1.81. The van der Waals surface area contributed by atoms with E-state index in [1.807, 2.05) is 0 Å². The summed E-state index contributed by atoms with van der Waals surface area (Å²) in [6.07, 6.45) is -7.33. The SMILES string of the molecule is O.O=C(O)O.O=C(O)O.O=C(O)O.O=C(O)O.S.S.S. The smallest absolute Gasteiger partial charge is 0.450 e. The van der Waals surface area contributed by atoms with Crippen molar-refractivity contribution in [3.05, 3.63) is 0 Å². The zero-order valence-corrected chi connectivity index (χ0v) is 12.2. The standard InChI is InChI=1S/4CH2O3.H2O.3H2S/c4*2-1(3)4;;;;/h4*(H2,2,3,4);4*1H2. The third-order valence-corrected chi connectivity index (χ3v) is 0. The molecule has 0 fully saturated rings. The van der Waals surface area contributed by atoms with Crippen LogP contribution in [-0.2, 0) is 0 Å². The normalized spacial score (nSPS) is 4.80. The molecule has 0 bridgehead atoms. The van der Waals surface area contributed by atoms with Gasteiger partial charge in [-0.3, -0.25) is 0 Å². The maximum Gasteiger partial charge on any atom is 0.503 e. The fraction of sp³-hybridized carbons (Fsp3) is 0. The Balaban J connectivity index is -0.0000000150. The first-order chi connectivity index (χ1) is 6.93. The Kier molecular flexibility index (Phi) is 113. The van der Waals surface area contributed by atoms with Crippen molar-refractivity contribution in [2.24, 2.45) is 0 Å².